The second-order valence-corrected chi connectivity index (χ2v) is 8.53. The summed E-state index contributed by atoms with van der Waals surface area (Å²) < 4.78 is 5.49. The van der Waals surface area contributed by atoms with Crippen LogP contribution in [0.5, 0.6) is 0 Å². The van der Waals surface area contributed by atoms with E-state index in [0.29, 0.717) is 17.1 Å². The highest BCUT2D eigenvalue weighted by molar-refractivity contribution is 8.03. The molecule has 1 fully saturated rings. The molecule has 1 saturated heterocycles. The molecule has 0 unspecified atom stereocenters. The molecule has 2 heterocycles. The van der Waals surface area contributed by atoms with Gasteiger partial charge in [0.25, 0.3) is 0 Å². The van der Waals surface area contributed by atoms with E-state index in [1.54, 1.807) is 11.8 Å². The number of amides is 2. The number of nitrogens with zero attached hydrogens (tertiary/aromatic N) is 1. The summed E-state index contributed by atoms with van der Waals surface area (Å²) in [7, 11) is 0. The summed E-state index contributed by atoms with van der Waals surface area (Å²) in [6, 6.07) is 10.1. The first-order chi connectivity index (χ1) is 13.6. The summed E-state index contributed by atoms with van der Waals surface area (Å²) in [5.74, 6) is -0.413. The van der Waals surface area contributed by atoms with Crippen molar-refractivity contribution in [1.29, 1.82) is 5.26 Å². The minimum Gasteiger partial charge on any atom is -0.376 e. The van der Waals surface area contributed by atoms with Crippen molar-refractivity contribution in [3.63, 3.8) is 0 Å². The maximum absolute atomic E-state index is 12.2. The van der Waals surface area contributed by atoms with Crippen molar-refractivity contribution in [2.75, 3.05) is 25.2 Å². The smallest absolute Gasteiger partial charge is 0.230 e. The Hall–Kier alpha value is -1.95. The molecule has 6 nitrogen and oxygen atoms in total. The molecule has 2 atom stereocenters. The van der Waals surface area contributed by atoms with Crippen molar-refractivity contribution in [3.8, 4) is 6.07 Å². The Kier molecular flexibility index (Phi) is 7.43. The van der Waals surface area contributed by atoms with E-state index < -0.39 is 0 Å². The first-order valence-electron chi connectivity index (χ1n) is 9.20. The lowest BCUT2D eigenvalue weighted by atomic mass is 9.87. The number of allylic oxidation sites excluding steroid dienone is 1. The van der Waals surface area contributed by atoms with Crippen LogP contribution in [0.25, 0.3) is 0 Å². The quantitative estimate of drug-likeness (QED) is 0.663. The first-order valence-corrected chi connectivity index (χ1v) is 11.4. The normalized spacial score (nSPS) is 21.9. The Morgan fingerprint density at radius 2 is 2.18 bits per heavy atom. The van der Waals surface area contributed by atoms with Crippen LogP contribution in [0.4, 0.5) is 0 Å². The molecule has 2 amide bonds. The number of hydrogen-bond acceptors (Lipinski definition) is 6. The summed E-state index contributed by atoms with van der Waals surface area (Å²) in [6.07, 6.45) is 4.31. The third-order valence-electron chi connectivity index (χ3n) is 4.77. The molecule has 148 valence electrons. The average molecular weight is 418 g/mol. The van der Waals surface area contributed by atoms with Gasteiger partial charge in [0.15, 0.2) is 0 Å². The molecule has 0 aromatic heterocycles. The van der Waals surface area contributed by atoms with Gasteiger partial charge in [-0.25, -0.2) is 0 Å². The van der Waals surface area contributed by atoms with Crippen LogP contribution in [0, 0.1) is 11.3 Å². The topological polar surface area (TPSA) is 91.2 Å². The summed E-state index contributed by atoms with van der Waals surface area (Å²) in [4.78, 5) is 25.5. The van der Waals surface area contributed by atoms with Gasteiger partial charge in [-0.3, -0.25) is 9.59 Å². The lowest BCUT2D eigenvalue weighted by molar-refractivity contribution is -0.121. The molecule has 2 aliphatic rings. The minimum atomic E-state index is -0.285. The van der Waals surface area contributed by atoms with Gasteiger partial charge >= 0.3 is 0 Å². The number of nitriles is 1. The minimum absolute atomic E-state index is 0.0888. The van der Waals surface area contributed by atoms with Crippen molar-refractivity contribution >= 4 is 35.3 Å². The van der Waals surface area contributed by atoms with Crippen molar-refractivity contribution in [1.82, 2.24) is 10.6 Å². The number of hydrogen-bond donors (Lipinski definition) is 2. The molecule has 2 aliphatic heterocycles. The lowest BCUT2D eigenvalue weighted by Gasteiger charge is -2.25. The highest BCUT2D eigenvalue weighted by atomic mass is 32.2. The van der Waals surface area contributed by atoms with E-state index in [9.17, 15) is 14.9 Å². The van der Waals surface area contributed by atoms with Crippen LogP contribution in [0.2, 0.25) is 0 Å². The highest BCUT2D eigenvalue weighted by Crippen LogP contribution is 2.36. The number of carbonyl (C=O) groups is 2. The summed E-state index contributed by atoms with van der Waals surface area (Å²) in [6.45, 7) is 1.25. The molecule has 0 aliphatic carbocycles. The van der Waals surface area contributed by atoms with Gasteiger partial charge in [-0.15, -0.1) is 11.8 Å². The molecular weight excluding hydrogens is 394 g/mol. The van der Waals surface area contributed by atoms with E-state index in [1.807, 2.05) is 30.5 Å². The highest BCUT2D eigenvalue weighted by Gasteiger charge is 2.30. The number of nitrogens with one attached hydrogen (secondary N) is 2. The third-order valence-corrected chi connectivity index (χ3v) is 6.53. The second-order valence-electron chi connectivity index (χ2n) is 6.66. The zero-order valence-corrected chi connectivity index (χ0v) is 17.3. The fourth-order valence-electron chi connectivity index (χ4n) is 3.28. The van der Waals surface area contributed by atoms with Crippen LogP contribution < -0.4 is 10.6 Å². The molecule has 1 aromatic carbocycles. The molecule has 0 saturated carbocycles. The Morgan fingerprint density at radius 1 is 1.39 bits per heavy atom. The van der Waals surface area contributed by atoms with Crippen LogP contribution in [-0.4, -0.2) is 43.1 Å². The van der Waals surface area contributed by atoms with Crippen LogP contribution in [0.1, 0.15) is 30.7 Å². The monoisotopic (exact) mass is 417 g/mol. The van der Waals surface area contributed by atoms with Crippen LogP contribution in [-0.2, 0) is 14.3 Å². The van der Waals surface area contributed by atoms with Gasteiger partial charge < -0.3 is 15.4 Å². The number of carbonyl (C=O) groups excluding carboxylic acids is 2. The molecule has 0 bridgehead atoms. The van der Waals surface area contributed by atoms with Crippen LogP contribution >= 0.6 is 23.5 Å². The molecule has 1 aromatic rings. The van der Waals surface area contributed by atoms with Crippen molar-refractivity contribution in [2.45, 2.75) is 36.2 Å². The van der Waals surface area contributed by atoms with Crippen LogP contribution in [0.3, 0.4) is 0 Å². The SMILES string of the molecule is CSc1ccc([C@H]2CC(=O)NC(SCC(=O)NC[C@H]3CCCO3)=C2C#N)cc1. The van der Waals surface area contributed by atoms with E-state index in [1.165, 1.54) is 11.8 Å². The van der Waals surface area contributed by atoms with Gasteiger partial charge in [-0.2, -0.15) is 5.26 Å². The van der Waals surface area contributed by atoms with E-state index >= 15 is 0 Å². The summed E-state index contributed by atoms with van der Waals surface area (Å²) in [5, 5.41) is 15.8. The third kappa shape index (κ3) is 5.31. The fourth-order valence-corrected chi connectivity index (χ4v) is 4.59. The van der Waals surface area contributed by atoms with Gasteiger partial charge in [-0.05, 0) is 36.8 Å². The van der Waals surface area contributed by atoms with Gasteiger partial charge in [0.1, 0.15) is 0 Å². The second kappa shape index (κ2) is 10.0. The van der Waals surface area contributed by atoms with E-state index in [2.05, 4.69) is 16.7 Å². The predicted molar refractivity (Wildman–Crippen MR) is 111 cm³/mol. The Labute approximate surface area is 173 Å². The maximum Gasteiger partial charge on any atom is 0.230 e. The Balaban J connectivity index is 1.66. The zero-order chi connectivity index (χ0) is 19.9. The number of thioether (sulfide) groups is 2. The molecule has 28 heavy (non-hydrogen) atoms. The number of benzene rings is 1. The summed E-state index contributed by atoms with van der Waals surface area (Å²) in [5.41, 5.74) is 1.44. The summed E-state index contributed by atoms with van der Waals surface area (Å²) >= 11 is 2.84. The van der Waals surface area contributed by atoms with Crippen molar-refractivity contribution in [2.24, 2.45) is 0 Å². The largest absolute Gasteiger partial charge is 0.376 e. The Morgan fingerprint density at radius 3 is 2.82 bits per heavy atom. The van der Waals surface area contributed by atoms with E-state index in [0.717, 1.165) is 29.9 Å². The molecule has 2 N–H and O–H groups in total. The van der Waals surface area contributed by atoms with E-state index in [4.69, 9.17) is 4.74 Å². The standard InChI is InChI=1S/C20H23N3O3S2/c1-27-15-6-4-13(5-7-15)16-9-18(24)23-20(17(16)10-21)28-12-19(25)22-11-14-3-2-8-26-14/h4-7,14,16H,2-3,8-9,11-12H2,1H3,(H,22,25)(H,23,24)/t14-,16-/m1/s1. The average Bonchev–Trinajstić information content (AvgIpc) is 3.24. The number of rotatable bonds is 7. The number of ether oxygens (including phenoxy) is 1. The van der Waals surface area contributed by atoms with Crippen LogP contribution in [0.15, 0.2) is 39.8 Å². The van der Waals surface area contributed by atoms with Gasteiger partial charge in [0.05, 0.1) is 28.5 Å². The lowest BCUT2D eigenvalue weighted by Crippen LogP contribution is -2.34. The van der Waals surface area contributed by atoms with Crippen molar-refractivity contribution < 1.29 is 14.3 Å². The molecule has 0 spiro atoms. The Bertz CT molecular complexity index is 796. The predicted octanol–water partition coefficient (Wildman–Crippen LogP) is 2.78. The first kappa shape index (κ1) is 20.8. The van der Waals surface area contributed by atoms with Gasteiger partial charge in [0.2, 0.25) is 11.8 Å². The fraction of sp³-hybridized carbons (Fsp3) is 0.450. The van der Waals surface area contributed by atoms with Gasteiger partial charge in [-0.1, -0.05) is 23.9 Å². The maximum atomic E-state index is 12.2. The van der Waals surface area contributed by atoms with Gasteiger partial charge in [0, 0.05) is 30.4 Å². The molecule has 0 radical (unpaired) electrons. The molecular formula is C20H23N3O3S2. The molecule has 8 heteroatoms. The molecule has 3 rings (SSSR count). The van der Waals surface area contributed by atoms with E-state index in [-0.39, 0.29) is 36.0 Å². The zero-order valence-electron chi connectivity index (χ0n) is 15.7. The van der Waals surface area contributed by atoms with Crippen molar-refractivity contribution in [3.05, 3.63) is 40.4 Å².